The first-order chi connectivity index (χ1) is 9.12. The second-order valence-corrected chi connectivity index (χ2v) is 7.20. The monoisotopic (exact) mass is 283 g/mol. The second kappa shape index (κ2) is 4.99. The van der Waals surface area contributed by atoms with Crippen molar-refractivity contribution in [2.75, 3.05) is 28.8 Å². The molecule has 7 heteroatoms. The molecule has 3 N–H and O–H groups in total. The molecule has 0 aromatic heterocycles. The standard InChI is InChI=1S/C12H17N3O3S/c16-19(17)6-5-9(8-19)7-13-12-14-10-3-1-2-4-11(10)15-18-12/h1-4,9,12-15H,5-8H2/t9-,12+/m1/s1. The molecular weight excluding hydrogens is 266 g/mol. The average Bonchev–Trinajstić information content (AvgIpc) is 2.76. The Morgan fingerprint density at radius 3 is 2.84 bits per heavy atom. The van der Waals surface area contributed by atoms with Gasteiger partial charge in [-0.25, -0.2) is 13.3 Å². The van der Waals surface area contributed by atoms with Crippen LogP contribution in [-0.4, -0.2) is 32.8 Å². The van der Waals surface area contributed by atoms with Crippen LogP contribution in [0, 0.1) is 5.92 Å². The van der Waals surface area contributed by atoms with E-state index in [9.17, 15) is 8.42 Å². The van der Waals surface area contributed by atoms with E-state index in [1.807, 2.05) is 24.3 Å². The molecule has 1 fully saturated rings. The fourth-order valence-corrected chi connectivity index (χ4v) is 4.25. The summed E-state index contributed by atoms with van der Waals surface area (Å²) in [5.74, 6) is 0.753. The summed E-state index contributed by atoms with van der Waals surface area (Å²) >= 11 is 0. The molecule has 0 saturated carbocycles. The predicted molar refractivity (Wildman–Crippen MR) is 73.3 cm³/mol. The summed E-state index contributed by atoms with van der Waals surface area (Å²) in [6.07, 6.45) is 0.379. The first kappa shape index (κ1) is 12.7. The molecule has 2 aliphatic heterocycles. The van der Waals surface area contributed by atoms with E-state index in [1.54, 1.807) is 0 Å². The van der Waals surface area contributed by atoms with Gasteiger partial charge in [0.05, 0.1) is 22.9 Å². The van der Waals surface area contributed by atoms with Gasteiger partial charge in [0.15, 0.2) is 9.84 Å². The van der Waals surface area contributed by atoms with Gasteiger partial charge in [-0.15, -0.1) is 0 Å². The van der Waals surface area contributed by atoms with Gasteiger partial charge >= 0.3 is 0 Å². The lowest BCUT2D eigenvalue weighted by molar-refractivity contribution is 0.0850. The number of sulfone groups is 1. The van der Waals surface area contributed by atoms with Crippen molar-refractivity contribution in [2.45, 2.75) is 12.8 Å². The number of fused-ring (bicyclic) bond motifs is 1. The van der Waals surface area contributed by atoms with Crippen molar-refractivity contribution in [3.8, 4) is 0 Å². The highest BCUT2D eigenvalue weighted by Crippen LogP contribution is 2.25. The van der Waals surface area contributed by atoms with Gasteiger partial charge in [0.25, 0.3) is 0 Å². The Morgan fingerprint density at radius 1 is 1.32 bits per heavy atom. The normalized spacial score (nSPS) is 28.2. The largest absolute Gasteiger partial charge is 0.344 e. The van der Waals surface area contributed by atoms with E-state index >= 15 is 0 Å². The molecule has 104 valence electrons. The van der Waals surface area contributed by atoms with E-state index in [-0.39, 0.29) is 18.0 Å². The van der Waals surface area contributed by atoms with Crippen molar-refractivity contribution in [2.24, 2.45) is 5.92 Å². The maximum absolute atomic E-state index is 11.4. The highest BCUT2D eigenvalue weighted by Gasteiger charge is 2.28. The number of para-hydroxylation sites is 2. The summed E-state index contributed by atoms with van der Waals surface area (Å²) in [7, 11) is -2.81. The minimum absolute atomic E-state index is 0.174. The van der Waals surface area contributed by atoms with Crippen molar-refractivity contribution in [3.63, 3.8) is 0 Å². The van der Waals surface area contributed by atoms with Gasteiger partial charge in [0.1, 0.15) is 0 Å². The lowest BCUT2D eigenvalue weighted by atomic mass is 10.1. The summed E-state index contributed by atoms with van der Waals surface area (Å²) in [5, 5.41) is 6.38. The van der Waals surface area contributed by atoms with Crippen molar-refractivity contribution >= 4 is 21.2 Å². The minimum Gasteiger partial charge on any atom is -0.344 e. The van der Waals surface area contributed by atoms with Gasteiger partial charge in [-0.1, -0.05) is 12.1 Å². The second-order valence-electron chi connectivity index (χ2n) is 4.97. The zero-order valence-corrected chi connectivity index (χ0v) is 11.2. The molecule has 0 aliphatic carbocycles. The molecule has 0 unspecified atom stereocenters. The Bertz CT molecular complexity index is 561. The van der Waals surface area contributed by atoms with Crippen molar-refractivity contribution in [1.29, 1.82) is 0 Å². The van der Waals surface area contributed by atoms with Crippen LogP contribution in [0.4, 0.5) is 11.4 Å². The van der Waals surface area contributed by atoms with Crippen LogP contribution in [0.5, 0.6) is 0 Å². The number of benzene rings is 1. The van der Waals surface area contributed by atoms with Crippen LogP contribution in [0.2, 0.25) is 0 Å². The fraction of sp³-hybridized carbons (Fsp3) is 0.500. The zero-order valence-electron chi connectivity index (χ0n) is 10.4. The lowest BCUT2D eigenvalue weighted by Crippen LogP contribution is -2.44. The van der Waals surface area contributed by atoms with E-state index in [0.29, 0.717) is 12.3 Å². The van der Waals surface area contributed by atoms with E-state index in [4.69, 9.17) is 4.84 Å². The van der Waals surface area contributed by atoms with Crippen LogP contribution in [0.1, 0.15) is 6.42 Å². The van der Waals surface area contributed by atoms with E-state index in [0.717, 1.165) is 17.8 Å². The van der Waals surface area contributed by atoms with Gasteiger partial charge in [-0.3, -0.25) is 10.8 Å². The van der Waals surface area contributed by atoms with Crippen LogP contribution >= 0.6 is 0 Å². The third-order valence-corrected chi connectivity index (χ3v) is 5.26. The summed E-state index contributed by atoms with van der Waals surface area (Å²) in [6.45, 7) is 0.626. The number of hydrogen-bond acceptors (Lipinski definition) is 6. The fourth-order valence-electron chi connectivity index (χ4n) is 2.39. The highest BCUT2D eigenvalue weighted by molar-refractivity contribution is 7.91. The van der Waals surface area contributed by atoms with E-state index in [1.165, 1.54) is 0 Å². The summed E-state index contributed by atoms with van der Waals surface area (Å²) in [5.41, 5.74) is 4.72. The molecular formula is C12H17N3O3S. The molecule has 6 nitrogen and oxygen atoms in total. The molecule has 0 amide bonds. The Hall–Kier alpha value is -1.31. The molecule has 0 spiro atoms. The Morgan fingerprint density at radius 2 is 2.11 bits per heavy atom. The van der Waals surface area contributed by atoms with Gasteiger partial charge in [-0.05, 0) is 24.5 Å². The topological polar surface area (TPSA) is 79.5 Å². The van der Waals surface area contributed by atoms with Crippen LogP contribution in [-0.2, 0) is 14.7 Å². The molecule has 0 bridgehead atoms. The molecule has 2 aliphatic rings. The van der Waals surface area contributed by atoms with Crippen LogP contribution in [0.25, 0.3) is 0 Å². The number of anilines is 2. The smallest absolute Gasteiger partial charge is 0.209 e. The zero-order chi connectivity index (χ0) is 13.3. The Kier molecular flexibility index (Phi) is 3.34. The number of nitrogens with one attached hydrogen (secondary N) is 3. The van der Waals surface area contributed by atoms with Gasteiger partial charge in [0.2, 0.25) is 6.35 Å². The Labute approximate surface area is 112 Å². The first-order valence-electron chi connectivity index (χ1n) is 6.33. The predicted octanol–water partition coefficient (Wildman–Crippen LogP) is 0.763. The molecule has 3 rings (SSSR count). The number of rotatable bonds is 3. The lowest BCUT2D eigenvalue weighted by Gasteiger charge is -2.28. The summed E-state index contributed by atoms with van der Waals surface area (Å²) < 4.78 is 22.7. The van der Waals surface area contributed by atoms with E-state index in [2.05, 4.69) is 16.1 Å². The third kappa shape index (κ3) is 2.99. The molecule has 1 saturated heterocycles. The van der Waals surface area contributed by atoms with Crippen LogP contribution in [0.15, 0.2) is 24.3 Å². The number of hydrogen-bond donors (Lipinski definition) is 3. The maximum atomic E-state index is 11.4. The molecule has 0 radical (unpaired) electrons. The van der Waals surface area contributed by atoms with Crippen molar-refractivity contribution in [1.82, 2.24) is 5.32 Å². The molecule has 1 aromatic rings. The van der Waals surface area contributed by atoms with Gasteiger partial charge in [-0.2, -0.15) is 0 Å². The van der Waals surface area contributed by atoms with Crippen molar-refractivity contribution < 1.29 is 13.3 Å². The molecule has 1 aromatic carbocycles. The van der Waals surface area contributed by atoms with Crippen LogP contribution in [0.3, 0.4) is 0 Å². The first-order valence-corrected chi connectivity index (χ1v) is 8.15. The van der Waals surface area contributed by atoms with Crippen LogP contribution < -0.4 is 16.1 Å². The third-order valence-electron chi connectivity index (χ3n) is 3.42. The highest BCUT2D eigenvalue weighted by atomic mass is 32.2. The summed E-state index contributed by atoms with van der Waals surface area (Å²) in [6, 6.07) is 7.75. The van der Waals surface area contributed by atoms with E-state index < -0.39 is 9.84 Å². The molecule has 19 heavy (non-hydrogen) atoms. The SMILES string of the molecule is O=S1(=O)CC[C@H](CN[C@H]2Nc3ccccc3NO2)C1. The Balaban J connectivity index is 1.53. The van der Waals surface area contributed by atoms with Gasteiger partial charge in [0, 0.05) is 6.54 Å². The minimum atomic E-state index is -2.81. The quantitative estimate of drug-likeness (QED) is 0.760. The molecule has 2 atom stereocenters. The summed E-state index contributed by atoms with van der Waals surface area (Å²) in [4.78, 5) is 5.39. The maximum Gasteiger partial charge on any atom is 0.209 e. The van der Waals surface area contributed by atoms with Crippen molar-refractivity contribution in [3.05, 3.63) is 24.3 Å². The molecule has 2 heterocycles. The van der Waals surface area contributed by atoms with Gasteiger partial charge < -0.3 is 5.32 Å². The average molecular weight is 283 g/mol.